The molecule has 16 heavy (non-hydrogen) atoms. The van der Waals surface area contributed by atoms with Gasteiger partial charge in [-0.05, 0) is 43.9 Å². The zero-order chi connectivity index (χ0) is 11.5. The molecule has 0 bridgehead atoms. The van der Waals surface area contributed by atoms with Crippen LogP contribution in [0.5, 0.6) is 0 Å². The average Bonchev–Trinajstić information content (AvgIpc) is 3.15. The highest BCUT2D eigenvalue weighted by atomic mass is 16.2. The highest BCUT2D eigenvalue weighted by molar-refractivity contribution is 5.81. The van der Waals surface area contributed by atoms with Gasteiger partial charge in [0.15, 0.2) is 0 Å². The Bertz CT molecular complexity index is 234. The topological polar surface area (TPSA) is 55.1 Å². The third kappa shape index (κ3) is 3.21. The molecule has 0 aliphatic heterocycles. The maximum absolute atomic E-state index is 11.9. The highest BCUT2D eigenvalue weighted by Crippen LogP contribution is 2.44. The Balaban J connectivity index is 1.75. The van der Waals surface area contributed by atoms with Crippen LogP contribution < -0.4 is 11.1 Å². The van der Waals surface area contributed by atoms with Gasteiger partial charge in [0.05, 0.1) is 6.04 Å². The summed E-state index contributed by atoms with van der Waals surface area (Å²) in [5, 5.41) is 3.19. The number of nitrogens with one attached hydrogen (secondary N) is 1. The molecule has 0 aromatic carbocycles. The first-order valence-corrected chi connectivity index (χ1v) is 6.78. The Labute approximate surface area is 98.2 Å². The minimum Gasteiger partial charge on any atom is -0.351 e. The van der Waals surface area contributed by atoms with Crippen LogP contribution in [0.25, 0.3) is 0 Å². The van der Waals surface area contributed by atoms with E-state index in [9.17, 15) is 4.79 Å². The van der Waals surface area contributed by atoms with Crippen molar-refractivity contribution >= 4 is 5.91 Å². The molecule has 0 aromatic rings. The van der Waals surface area contributed by atoms with Crippen LogP contribution in [0, 0.1) is 11.8 Å². The normalized spacial score (nSPS) is 22.2. The first-order chi connectivity index (χ1) is 7.72. The van der Waals surface area contributed by atoms with Crippen molar-refractivity contribution in [3.8, 4) is 0 Å². The quantitative estimate of drug-likeness (QED) is 0.693. The molecule has 1 amide bonds. The summed E-state index contributed by atoms with van der Waals surface area (Å²) in [5.74, 6) is 1.60. The third-order valence-corrected chi connectivity index (χ3v) is 3.77. The minimum absolute atomic E-state index is 0.0808. The number of nitrogens with two attached hydrogens (primary N) is 1. The van der Waals surface area contributed by atoms with Crippen LogP contribution >= 0.6 is 0 Å². The number of amides is 1. The van der Waals surface area contributed by atoms with Crippen molar-refractivity contribution in [3.05, 3.63) is 0 Å². The number of carbonyl (C=O) groups excluding carboxylic acids is 1. The first-order valence-electron chi connectivity index (χ1n) is 6.78. The van der Waals surface area contributed by atoms with E-state index >= 15 is 0 Å². The van der Waals surface area contributed by atoms with E-state index in [0.29, 0.717) is 6.04 Å². The second-order valence-corrected chi connectivity index (χ2v) is 5.46. The van der Waals surface area contributed by atoms with E-state index in [1.807, 2.05) is 0 Å². The molecule has 0 radical (unpaired) electrons. The van der Waals surface area contributed by atoms with E-state index in [-0.39, 0.29) is 11.9 Å². The van der Waals surface area contributed by atoms with Crippen molar-refractivity contribution in [1.29, 1.82) is 0 Å². The second-order valence-electron chi connectivity index (χ2n) is 5.46. The summed E-state index contributed by atoms with van der Waals surface area (Å²) in [6, 6.07) is 0.153. The summed E-state index contributed by atoms with van der Waals surface area (Å²) in [7, 11) is 0. The Morgan fingerprint density at radius 3 is 2.31 bits per heavy atom. The monoisotopic (exact) mass is 224 g/mol. The largest absolute Gasteiger partial charge is 0.351 e. The third-order valence-electron chi connectivity index (χ3n) is 3.77. The van der Waals surface area contributed by atoms with Gasteiger partial charge in [-0.25, -0.2) is 0 Å². The number of carbonyl (C=O) groups is 1. The zero-order valence-corrected chi connectivity index (χ0v) is 10.2. The van der Waals surface area contributed by atoms with Gasteiger partial charge in [0, 0.05) is 6.04 Å². The summed E-state index contributed by atoms with van der Waals surface area (Å²) in [6.45, 7) is 2.13. The van der Waals surface area contributed by atoms with E-state index < -0.39 is 0 Å². The Kier molecular flexibility index (Phi) is 3.85. The van der Waals surface area contributed by atoms with Crippen LogP contribution in [0.15, 0.2) is 0 Å². The van der Waals surface area contributed by atoms with Gasteiger partial charge in [-0.3, -0.25) is 4.79 Å². The summed E-state index contributed by atoms with van der Waals surface area (Å²) in [5.41, 5.74) is 5.88. The van der Waals surface area contributed by atoms with Crippen LogP contribution in [0.3, 0.4) is 0 Å². The summed E-state index contributed by atoms with van der Waals surface area (Å²) in [6.07, 6.45) is 8.17. The fourth-order valence-electron chi connectivity index (χ4n) is 2.36. The molecule has 0 saturated heterocycles. The average molecular weight is 224 g/mol. The Morgan fingerprint density at radius 2 is 1.88 bits per heavy atom. The van der Waals surface area contributed by atoms with E-state index in [4.69, 9.17) is 5.73 Å². The van der Waals surface area contributed by atoms with E-state index in [1.165, 1.54) is 25.7 Å². The molecule has 0 spiro atoms. The molecule has 2 aliphatic rings. The SMILES string of the molecule is CCCCC(N)C(=O)NC(C1CC1)C1CC1. The highest BCUT2D eigenvalue weighted by Gasteiger charge is 2.42. The van der Waals surface area contributed by atoms with Gasteiger partial charge < -0.3 is 11.1 Å². The van der Waals surface area contributed by atoms with Crippen LogP contribution in [0.4, 0.5) is 0 Å². The molecule has 1 atom stereocenters. The lowest BCUT2D eigenvalue weighted by Gasteiger charge is -2.20. The predicted molar refractivity (Wildman–Crippen MR) is 64.9 cm³/mol. The summed E-state index contributed by atoms with van der Waals surface area (Å²) in [4.78, 5) is 11.9. The molecule has 92 valence electrons. The smallest absolute Gasteiger partial charge is 0.237 e. The molecule has 1 unspecified atom stereocenters. The van der Waals surface area contributed by atoms with E-state index in [2.05, 4.69) is 12.2 Å². The molecule has 3 nitrogen and oxygen atoms in total. The van der Waals surface area contributed by atoms with Gasteiger partial charge in [-0.1, -0.05) is 19.8 Å². The maximum Gasteiger partial charge on any atom is 0.237 e. The van der Waals surface area contributed by atoms with Crippen molar-refractivity contribution in [3.63, 3.8) is 0 Å². The van der Waals surface area contributed by atoms with E-state index in [0.717, 1.165) is 31.1 Å². The Morgan fingerprint density at radius 1 is 1.31 bits per heavy atom. The molecule has 2 aliphatic carbocycles. The van der Waals surface area contributed by atoms with Crippen LogP contribution in [-0.4, -0.2) is 18.0 Å². The Hall–Kier alpha value is -0.570. The number of hydrogen-bond acceptors (Lipinski definition) is 2. The van der Waals surface area contributed by atoms with Gasteiger partial charge in [0.1, 0.15) is 0 Å². The molecule has 2 rings (SSSR count). The van der Waals surface area contributed by atoms with Crippen molar-refractivity contribution < 1.29 is 4.79 Å². The molecule has 2 saturated carbocycles. The predicted octanol–water partition coefficient (Wildman–Crippen LogP) is 1.81. The van der Waals surface area contributed by atoms with Gasteiger partial charge in [-0.2, -0.15) is 0 Å². The lowest BCUT2D eigenvalue weighted by molar-refractivity contribution is -0.123. The minimum atomic E-state index is -0.292. The molecule has 0 aromatic heterocycles. The van der Waals surface area contributed by atoms with Crippen molar-refractivity contribution in [2.45, 2.75) is 64.0 Å². The molecule has 2 fully saturated rings. The summed E-state index contributed by atoms with van der Waals surface area (Å²) >= 11 is 0. The van der Waals surface area contributed by atoms with Crippen LogP contribution in [0.1, 0.15) is 51.9 Å². The van der Waals surface area contributed by atoms with Crippen LogP contribution in [-0.2, 0) is 4.79 Å². The molecular formula is C13H24N2O. The standard InChI is InChI=1S/C13H24N2O/c1-2-3-4-11(14)13(16)15-12(9-5-6-9)10-7-8-10/h9-12H,2-8,14H2,1H3,(H,15,16). The lowest BCUT2D eigenvalue weighted by Crippen LogP contribution is -2.47. The summed E-state index contributed by atoms with van der Waals surface area (Å²) < 4.78 is 0. The lowest BCUT2D eigenvalue weighted by atomic mass is 10.1. The van der Waals surface area contributed by atoms with Gasteiger partial charge in [-0.15, -0.1) is 0 Å². The molecule has 3 heteroatoms. The van der Waals surface area contributed by atoms with Gasteiger partial charge in [0.25, 0.3) is 0 Å². The van der Waals surface area contributed by atoms with Crippen molar-refractivity contribution in [1.82, 2.24) is 5.32 Å². The van der Waals surface area contributed by atoms with E-state index in [1.54, 1.807) is 0 Å². The van der Waals surface area contributed by atoms with Crippen molar-refractivity contribution in [2.24, 2.45) is 17.6 Å². The number of rotatable bonds is 7. The fraction of sp³-hybridized carbons (Fsp3) is 0.923. The van der Waals surface area contributed by atoms with Crippen molar-refractivity contribution in [2.75, 3.05) is 0 Å². The fourth-order valence-corrected chi connectivity index (χ4v) is 2.36. The molecule has 3 N–H and O–H groups in total. The first kappa shape index (κ1) is 11.9. The van der Waals surface area contributed by atoms with Crippen LogP contribution in [0.2, 0.25) is 0 Å². The molecule has 0 heterocycles. The molecular weight excluding hydrogens is 200 g/mol. The number of unbranched alkanes of at least 4 members (excludes halogenated alkanes) is 1. The maximum atomic E-state index is 11.9. The second kappa shape index (κ2) is 5.17. The van der Waals surface area contributed by atoms with Gasteiger partial charge in [0.2, 0.25) is 5.91 Å². The van der Waals surface area contributed by atoms with Gasteiger partial charge >= 0.3 is 0 Å². The zero-order valence-electron chi connectivity index (χ0n) is 10.2. The number of hydrogen-bond donors (Lipinski definition) is 2.